The molecule has 37 heavy (non-hydrogen) atoms. The smallest absolute Gasteiger partial charge is 0.348 e. The van der Waals surface area contributed by atoms with Crippen LogP contribution in [0.1, 0.15) is 66.7 Å². The number of halogens is 6. The first-order chi connectivity index (χ1) is 17.4. The van der Waals surface area contributed by atoms with Gasteiger partial charge in [-0.05, 0) is 55.0 Å². The highest BCUT2D eigenvalue weighted by Crippen LogP contribution is 2.50. The molecule has 0 bridgehead atoms. The fraction of sp³-hybridized carbons (Fsp3) is 0.519. The fourth-order valence-corrected chi connectivity index (χ4v) is 6.08. The fourth-order valence-electron chi connectivity index (χ4n) is 6.08. The van der Waals surface area contributed by atoms with Gasteiger partial charge in [-0.3, -0.25) is 4.79 Å². The van der Waals surface area contributed by atoms with Crippen LogP contribution in [0.3, 0.4) is 0 Å². The van der Waals surface area contributed by atoms with E-state index in [1.165, 1.54) is 0 Å². The Morgan fingerprint density at radius 1 is 0.811 bits per heavy atom. The van der Waals surface area contributed by atoms with Crippen LogP contribution in [0, 0.1) is 0 Å². The maximum atomic E-state index is 13.9. The molecule has 1 saturated carbocycles. The number of piperidine rings is 1. The van der Waals surface area contributed by atoms with Crippen molar-refractivity contribution < 1.29 is 40.6 Å². The average molecular weight is 528 g/mol. The lowest BCUT2D eigenvalue weighted by Crippen LogP contribution is -2.57. The molecular weight excluding hydrogens is 500 g/mol. The lowest BCUT2D eigenvalue weighted by Gasteiger charge is -2.52. The summed E-state index contributed by atoms with van der Waals surface area (Å²) in [7, 11) is 0. The third kappa shape index (κ3) is 4.85. The molecule has 1 atom stereocenters. The Morgan fingerprint density at radius 3 is 1.92 bits per heavy atom. The SMILES string of the molecule is O=C1[C@H](c2cc(C(F)(F)F)cc(C(F)(F)F)c2)CCCN1C1(c2ccccc2)CCC2(CC1)OCCO2. The molecular formula is C27H27F6NO3. The predicted molar refractivity (Wildman–Crippen MR) is 121 cm³/mol. The summed E-state index contributed by atoms with van der Waals surface area (Å²) in [6, 6.07) is 10.9. The summed E-state index contributed by atoms with van der Waals surface area (Å²) in [6.45, 7) is 1.34. The number of likely N-dealkylation sites (tertiary alicyclic amines) is 1. The molecule has 200 valence electrons. The van der Waals surface area contributed by atoms with E-state index in [2.05, 4.69) is 0 Å². The summed E-state index contributed by atoms with van der Waals surface area (Å²) in [5.74, 6) is -2.27. The zero-order chi connectivity index (χ0) is 26.5. The third-order valence-electron chi connectivity index (χ3n) is 7.93. The van der Waals surface area contributed by atoms with Gasteiger partial charge in [0.2, 0.25) is 5.91 Å². The molecule has 0 unspecified atom stereocenters. The van der Waals surface area contributed by atoms with Crippen LogP contribution in [0.15, 0.2) is 48.5 Å². The van der Waals surface area contributed by atoms with E-state index < -0.39 is 46.6 Å². The minimum atomic E-state index is -4.97. The van der Waals surface area contributed by atoms with Crippen LogP contribution < -0.4 is 0 Å². The second kappa shape index (κ2) is 9.31. The minimum Gasteiger partial charge on any atom is -0.348 e. The first-order valence-electron chi connectivity index (χ1n) is 12.4. The van der Waals surface area contributed by atoms with E-state index in [1.807, 2.05) is 30.3 Å². The number of carbonyl (C=O) groups excluding carboxylic acids is 1. The summed E-state index contributed by atoms with van der Waals surface area (Å²) in [4.78, 5) is 15.6. The lowest BCUT2D eigenvalue weighted by molar-refractivity contribution is -0.198. The Bertz CT molecular complexity index is 1100. The molecule has 1 amide bonds. The molecule has 0 radical (unpaired) electrons. The molecule has 2 aromatic carbocycles. The first-order valence-corrected chi connectivity index (χ1v) is 12.4. The largest absolute Gasteiger partial charge is 0.416 e. The standard InChI is InChI=1S/C27H27F6NO3/c28-26(29,30)20-15-18(16-21(17-20)27(31,32)33)22-7-4-12-34(23(22)35)24(19-5-2-1-3-6-19)8-10-25(11-9-24)36-13-14-37-25/h1-3,5-6,15-17,22H,4,7-14H2/t22-/m0/s1. The van der Waals surface area contributed by atoms with Gasteiger partial charge in [0.1, 0.15) is 0 Å². The van der Waals surface area contributed by atoms with E-state index >= 15 is 0 Å². The molecule has 3 aliphatic rings. The van der Waals surface area contributed by atoms with Crippen molar-refractivity contribution in [2.45, 2.75) is 68.1 Å². The Hall–Kier alpha value is -2.59. The Labute approximate surface area is 210 Å². The number of hydrogen-bond donors (Lipinski definition) is 0. The number of nitrogens with zero attached hydrogens (tertiary/aromatic N) is 1. The van der Waals surface area contributed by atoms with E-state index in [0.717, 1.165) is 5.56 Å². The van der Waals surface area contributed by atoms with Gasteiger partial charge in [-0.15, -0.1) is 0 Å². The van der Waals surface area contributed by atoms with Crippen LogP contribution in [-0.2, 0) is 32.2 Å². The lowest BCUT2D eigenvalue weighted by atomic mass is 9.71. The molecule has 0 aromatic heterocycles. The second-order valence-corrected chi connectivity index (χ2v) is 10.0. The Balaban J connectivity index is 1.53. The molecule has 3 fully saturated rings. The quantitative estimate of drug-likeness (QED) is 0.420. The van der Waals surface area contributed by atoms with Crippen molar-refractivity contribution in [3.8, 4) is 0 Å². The predicted octanol–water partition coefficient (Wildman–Crippen LogP) is 6.64. The zero-order valence-corrected chi connectivity index (χ0v) is 20.0. The molecule has 2 aliphatic heterocycles. The highest BCUT2D eigenvalue weighted by atomic mass is 19.4. The molecule has 0 N–H and O–H groups in total. The summed E-state index contributed by atoms with van der Waals surface area (Å²) in [5.41, 5.74) is -2.94. The van der Waals surface area contributed by atoms with Gasteiger partial charge < -0.3 is 14.4 Å². The number of alkyl halides is 6. The number of ether oxygens (including phenoxy) is 2. The van der Waals surface area contributed by atoms with Crippen molar-refractivity contribution >= 4 is 5.91 Å². The van der Waals surface area contributed by atoms with E-state index in [0.29, 0.717) is 64.0 Å². The normalized spacial score (nSPS) is 24.0. The number of rotatable bonds is 3. The minimum absolute atomic E-state index is 0.0994. The molecule has 2 saturated heterocycles. The van der Waals surface area contributed by atoms with Gasteiger partial charge in [0.05, 0.1) is 35.8 Å². The molecule has 1 spiro atoms. The van der Waals surface area contributed by atoms with Gasteiger partial charge in [-0.2, -0.15) is 26.3 Å². The first kappa shape index (κ1) is 26.0. The van der Waals surface area contributed by atoms with Crippen molar-refractivity contribution in [2.24, 2.45) is 0 Å². The summed E-state index contributed by atoms with van der Waals surface area (Å²) in [6.07, 6.45) is -7.25. The Morgan fingerprint density at radius 2 is 1.38 bits per heavy atom. The monoisotopic (exact) mass is 527 g/mol. The van der Waals surface area contributed by atoms with Crippen molar-refractivity contribution in [1.29, 1.82) is 0 Å². The van der Waals surface area contributed by atoms with Crippen LogP contribution in [0.4, 0.5) is 26.3 Å². The maximum Gasteiger partial charge on any atom is 0.416 e. The van der Waals surface area contributed by atoms with Gasteiger partial charge in [-0.1, -0.05) is 30.3 Å². The molecule has 2 heterocycles. The van der Waals surface area contributed by atoms with Gasteiger partial charge >= 0.3 is 12.4 Å². The van der Waals surface area contributed by atoms with Crippen molar-refractivity contribution in [1.82, 2.24) is 4.90 Å². The average Bonchev–Trinajstić information content (AvgIpc) is 3.32. The van der Waals surface area contributed by atoms with Crippen LogP contribution in [-0.4, -0.2) is 36.4 Å². The number of amides is 1. The second-order valence-electron chi connectivity index (χ2n) is 10.0. The van der Waals surface area contributed by atoms with Gasteiger partial charge in [0, 0.05) is 19.4 Å². The summed E-state index contributed by atoms with van der Waals surface area (Å²) < 4.78 is 92.8. The number of carbonyl (C=O) groups is 1. The molecule has 2 aromatic rings. The van der Waals surface area contributed by atoms with Gasteiger partial charge in [0.25, 0.3) is 0 Å². The number of benzene rings is 2. The van der Waals surface area contributed by atoms with Gasteiger partial charge in [-0.25, -0.2) is 0 Å². The van der Waals surface area contributed by atoms with Crippen molar-refractivity contribution in [3.63, 3.8) is 0 Å². The van der Waals surface area contributed by atoms with E-state index in [-0.39, 0.29) is 18.1 Å². The number of hydrogen-bond acceptors (Lipinski definition) is 3. The molecule has 4 nitrogen and oxygen atoms in total. The highest BCUT2D eigenvalue weighted by Gasteiger charge is 2.52. The molecule has 10 heteroatoms. The van der Waals surface area contributed by atoms with E-state index in [1.54, 1.807) is 4.90 Å². The zero-order valence-electron chi connectivity index (χ0n) is 20.0. The van der Waals surface area contributed by atoms with Crippen molar-refractivity contribution in [2.75, 3.05) is 19.8 Å². The van der Waals surface area contributed by atoms with Gasteiger partial charge in [0.15, 0.2) is 5.79 Å². The third-order valence-corrected chi connectivity index (χ3v) is 7.93. The van der Waals surface area contributed by atoms with Crippen molar-refractivity contribution in [3.05, 3.63) is 70.8 Å². The summed E-state index contributed by atoms with van der Waals surface area (Å²) in [5, 5.41) is 0. The van der Waals surface area contributed by atoms with Crippen LogP contribution in [0.5, 0.6) is 0 Å². The molecule has 5 rings (SSSR count). The molecule has 1 aliphatic carbocycles. The topological polar surface area (TPSA) is 38.8 Å². The maximum absolute atomic E-state index is 13.9. The Kier molecular flexibility index (Phi) is 6.55. The van der Waals surface area contributed by atoms with Crippen LogP contribution in [0.2, 0.25) is 0 Å². The van der Waals surface area contributed by atoms with E-state index in [9.17, 15) is 31.1 Å². The van der Waals surface area contributed by atoms with Crippen LogP contribution >= 0.6 is 0 Å². The van der Waals surface area contributed by atoms with Crippen LogP contribution in [0.25, 0.3) is 0 Å². The highest BCUT2D eigenvalue weighted by molar-refractivity contribution is 5.85. The summed E-state index contributed by atoms with van der Waals surface area (Å²) >= 11 is 0. The van der Waals surface area contributed by atoms with E-state index in [4.69, 9.17) is 9.47 Å².